The number of carbonyl (C=O) groups is 2. The summed E-state index contributed by atoms with van der Waals surface area (Å²) in [7, 11) is 0. The number of anilines is 1. The van der Waals surface area contributed by atoms with Gasteiger partial charge in [0.05, 0.1) is 22.3 Å². The van der Waals surface area contributed by atoms with E-state index in [1.54, 1.807) is 31.2 Å². The third kappa shape index (κ3) is 3.36. The lowest BCUT2D eigenvalue weighted by molar-refractivity contribution is 0.0996. The molecule has 0 fully saturated rings. The van der Waals surface area contributed by atoms with E-state index in [2.05, 4.69) is 15.5 Å². The van der Waals surface area contributed by atoms with Crippen LogP contribution in [0.1, 0.15) is 37.9 Å². The number of hydrogen-bond donors (Lipinski definition) is 2. The predicted molar refractivity (Wildman–Crippen MR) is 107 cm³/mol. The quantitative estimate of drug-likeness (QED) is 0.547. The molecule has 0 radical (unpaired) electrons. The van der Waals surface area contributed by atoms with Gasteiger partial charge in [0.1, 0.15) is 11.5 Å². The third-order valence-corrected chi connectivity index (χ3v) is 4.58. The largest absolute Gasteiger partial charge is 0.466 e. The van der Waals surface area contributed by atoms with Gasteiger partial charge in [0.15, 0.2) is 0 Å². The lowest BCUT2D eigenvalue weighted by Gasteiger charge is -2.09. The maximum atomic E-state index is 13.1. The molecule has 3 N–H and O–H groups in total. The lowest BCUT2D eigenvalue weighted by Crippen LogP contribution is -2.15. The summed E-state index contributed by atoms with van der Waals surface area (Å²) in [6.45, 7) is 5.41. The molecule has 0 atom stereocenters. The second kappa shape index (κ2) is 6.90. The Balaban J connectivity index is 1.80. The number of aryl methyl sites for hydroxylation is 3. The van der Waals surface area contributed by atoms with E-state index < -0.39 is 5.91 Å². The first-order valence-electron chi connectivity index (χ1n) is 8.89. The Labute approximate surface area is 165 Å². The highest BCUT2D eigenvalue weighted by molar-refractivity contribution is 6.13. The number of aromatic nitrogens is 2. The van der Waals surface area contributed by atoms with Crippen molar-refractivity contribution in [1.82, 2.24) is 10.1 Å². The topological polar surface area (TPSA) is 124 Å². The molecule has 0 aliphatic heterocycles. The fourth-order valence-corrected chi connectivity index (χ4v) is 3.25. The van der Waals surface area contributed by atoms with Crippen molar-refractivity contribution in [2.24, 2.45) is 5.73 Å². The summed E-state index contributed by atoms with van der Waals surface area (Å²) in [6.07, 6.45) is 0. The van der Waals surface area contributed by atoms with E-state index in [1.165, 1.54) is 6.07 Å². The van der Waals surface area contributed by atoms with Crippen molar-refractivity contribution in [1.29, 1.82) is 0 Å². The van der Waals surface area contributed by atoms with Crippen LogP contribution in [0.3, 0.4) is 0 Å². The molecule has 2 amide bonds. The van der Waals surface area contributed by atoms with E-state index in [4.69, 9.17) is 14.7 Å². The van der Waals surface area contributed by atoms with Crippen LogP contribution in [0.15, 0.2) is 45.3 Å². The summed E-state index contributed by atoms with van der Waals surface area (Å²) in [5.74, 6) is 0.466. The Morgan fingerprint density at radius 2 is 1.90 bits per heavy atom. The first-order valence-corrected chi connectivity index (χ1v) is 8.89. The molecule has 146 valence electrons. The summed E-state index contributed by atoms with van der Waals surface area (Å²) < 4.78 is 10.9. The molecule has 29 heavy (non-hydrogen) atoms. The maximum Gasteiger partial charge on any atom is 0.259 e. The van der Waals surface area contributed by atoms with Gasteiger partial charge in [0.2, 0.25) is 5.91 Å². The summed E-state index contributed by atoms with van der Waals surface area (Å²) >= 11 is 0. The average Bonchev–Trinajstić information content (AvgIpc) is 3.22. The summed E-state index contributed by atoms with van der Waals surface area (Å²) in [6, 6.07) is 9.94. The monoisotopic (exact) mass is 390 g/mol. The number of carbonyl (C=O) groups excluding carboxylic acids is 2. The zero-order valence-corrected chi connectivity index (χ0v) is 16.1. The molecule has 3 aromatic heterocycles. The molecule has 0 aliphatic rings. The van der Waals surface area contributed by atoms with Crippen LogP contribution in [-0.2, 0) is 0 Å². The number of amides is 2. The zero-order chi connectivity index (χ0) is 20.7. The van der Waals surface area contributed by atoms with E-state index in [9.17, 15) is 9.59 Å². The second-order valence-electron chi connectivity index (χ2n) is 6.73. The van der Waals surface area contributed by atoms with E-state index in [-0.39, 0.29) is 11.6 Å². The summed E-state index contributed by atoms with van der Waals surface area (Å²) in [5.41, 5.74) is 8.53. The predicted octanol–water partition coefficient (Wildman–Crippen LogP) is 3.76. The van der Waals surface area contributed by atoms with Crippen LogP contribution in [0.25, 0.3) is 22.4 Å². The molecule has 8 heteroatoms. The van der Waals surface area contributed by atoms with Crippen LogP contribution in [0.2, 0.25) is 0 Å². The van der Waals surface area contributed by atoms with Crippen molar-refractivity contribution >= 4 is 28.6 Å². The molecule has 0 aliphatic carbocycles. The second-order valence-corrected chi connectivity index (χ2v) is 6.73. The number of primary amides is 1. The molecule has 4 aromatic rings. The van der Waals surface area contributed by atoms with Crippen molar-refractivity contribution in [2.75, 3.05) is 5.32 Å². The van der Waals surface area contributed by atoms with Crippen molar-refractivity contribution < 1.29 is 18.5 Å². The average molecular weight is 390 g/mol. The Morgan fingerprint density at radius 3 is 2.59 bits per heavy atom. The number of nitrogens with zero attached hydrogens (tertiary/aromatic N) is 2. The highest BCUT2D eigenvalue weighted by Crippen LogP contribution is 2.30. The first-order chi connectivity index (χ1) is 13.8. The Hall–Kier alpha value is -3.94. The Kier molecular flexibility index (Phi) is 4.38. The molecule has 1 aromatic carbocycles. The number of furan rings is 1. The summed E-state index contributed by atoms with van der Waals surface area (Å²) in [5, 5.41) is 7.26. The SMILES string of the molecule is Cc1cc(-c2cc(C(=O)Nc3cccc(C(N)=O)c3)c3c(C)noc3n2)c(C)o1. The maximum absolute atomic E-state index is 13.1. The zero-order valence-electron chi connectivity index (χ0n) is 16.1. The lowest BCUT2D eigenvalue weighted by atomic mass is 10.0. The normalized spacial score (nSPS) is 11.0. The minimum absolute atomic E-state index is 0.259. The minimum atomic E-state index is -0.574. The van der Waals surface area contributed by atoms with Crippen molar-refractivity contribution in [3.8, 4) is 11.3 Å². The molecular formula is C21H18N4O4. The van der Waals surface area contributed by atoms with E-state index in [0.717, 1.165) is 11.3 Å². The van der Waals surface area contributed by atoms with Gasteiger partial charge >= 0.3 is 0 Å². The number of nitrogens with two attached hydrogens (primary N) is 1. The number of pyridine rings is 1. The van der Waals surface area contributed by atoms with Crippen LogP contribution in [0, 0.1) is 20.8 Å². The van der Waals surface area contributed by atoms with Gasteiger partial charge in [-0.2, -0.15) is 0 Å². The molecule has 0 saturated carbocycles. The van der Waals surface area contributed by atoms with Crippen LogP contribution in [0.4, 0.5) is 5.69 Å². The number of hydrogen-bond acceptors (Lipinski definition) is 6. The van der Waals surface area contributed by atoms with Gasteiger partial charge in [-0.3, -0.25) is 9.59 Å². The Bertz CT molecular complexity index is 1270. The number of fused-ring (bicyclic) bond motifs is 1. The van der Waals surface area contributed by atoms with Crippen molar-refractivity contribution in [2.45, 2.75) is 20.8 Å². The number of benzene rings is 1. The van der Waals surface area contributed by atoms with Gasteiger partial charge < -0.3 is 20.0 Å². The third-order valence-electron chi connectivity index (χ3n) is 4.58. The van der Waals surface area contributed by atoms with Gasteiger partial charge in [0, 0.05) is 16.8 Å². The van der Waals surface area contributed by atoms with Gasteiger partial charge in [-0.15, -0.1) is 0 Å². The van der Waals surface area contributed by atoms with Crippen LogP contribution in [-0.4, -0.2) is 22.0 Å². The minimum Gasteiger partial charge on any atom is -0.466 e. The van der Waals surface area contributed by atoms with Crippen LogP contribution in [0.5, 0.6) is 0 Å². The molecular weight excluding hydrogens is 372 g/mol. The number of rotatable bonds is 4. The van der Waals surface area contributed by atoms with E-state index >= 15 is 0 Å². The molecule has 0 spiro atoms. The molecule has 4 rings (SSSR count). The molecule has 0 saturated heterocycles. The fraction of sp³-hybridized carbons (Fsp3) is 0.143. The molecule has 3 heterocycles. The van der Waals surface area contributed by atoms with Crippen molar-refractivity contribution in [3.05, 3.63) is 64.7 Å². The highest BCUT2D eigenvalue weighted by Gasteiger charge is 2.21. The van der Waals surface area contributed by atoms with Gasteiger partial charge in [-0.05, 0) is 51.1 Å². The highest BCUT2D eigenvalue weighted by atomic mass is 16.5. The van der Waals surface area contributed by atoms with E-state index in [1.807, 2.05) is 19.9 Å². The molecule has 0 bridgehead atoms. The fourth-order valence-electron chi connectivity index (χ4n) is 3.25. The van der Waals surface area contributed by atoms with Crippen LogP contribution < -0.4 is 11.1 Å². The Morgan fingerprint density at radius 1 is 1.10 bits per heavy atom. The summed E-state index contributed by atoms with van der Waals surface area (Å²) in [4.78, 5) is 29.0. The first kappa shape index (κ1) is 18.4. The van der Waals surface area contributed by atoms with Crippen molar-refractivity contribution in [3.63, 3.8) is 0 Å². The van der Waals surface area contributed by atoms with E-state index in [0.29, 0.717) is 39.3 Å². The van der Waals surface area contributed by atoms with Gasteiger partial charge in [-0.25, -0.2) is 4.98 Å². The molecule has 0 unspecified atom stereocenters. The number of nitrogens with one attached hydrogen (secondary N) is 1. The van der Waals surface area contributed by atoms with Gasteiger partial charge in [-0.1, -0.05) is 11.2 Å². The standard InChI is InChI=1S/C21H18N4O4/c1-10-7-15(12(3)28-10)17-9-16(18-11(2)25-29-21(18)24-17)20(27)23-14-6-4-5-13(8-14)19(22)26/h4-9H,1-3H3,(H2,22,26)(H,23,27). The molecule has 8 nitrogen and oxygen atoms in total. The smallest absolute Gasteiger partial charge is 0.259 e. The van der Waals surface area contributed by atoms with Crippen LogP contribution >= 0.6 is 0 Å². The van der Waals surface area contributed by atoms with Gasteiger partial charge in [0.25, 0.3) is 11.6 Å².